The van der Waals surface area contributed by atoms with Crippen molar-refractivity contribution in [3.63, 3.8) is 0 Å². The molecule has 0 unspecified atom stereocenters. The summed E-state index contributed by atoms with van der Waals surface area (Å²) in [6.07, 6.45) is 5.55. The van der Waals surface area contributed by atoms with Crippen molar-refractivity contribution in [1.29, 1.82) is 0 Å². The molecular weight excluding hydrogens is 284 g/mol. The van der Waals surface area contributed by atoms with Gasteiger partial charge in [0.05, 0.1) is 5.54 Å². The predicted octanol–water partition coefficient (Wildman–Crippen LogP) is 0.655. The van der Waals surface area contributed by atoms with Crippen LogP contribution < -0.4 is 11.4 Å². The summed E-state index contributed by atoms with van der Waals surface area (Å²) in [6, 6.07) is 5.38. The van der Waals surface area contributed by atoms with Crippen LogP contribution in [-0.4, -0.2) is 24.3 Å². The van der Waals surface area contributed by atoms with Gasteiger partial charge in [-0.25, -0.2) is 9.48 Å². The van der Waals surface area contributed by atoms with Gasteiger partial charge in [-0.05, 0) is 25.0 Å². The van der Waals surface area contributed by atoms with Gasteiger partial charge in [-0.3, -0.25) is 4.40 Å². The quantitative estimate of drug-likeness (QED) is 0.761. The first kappa shape index (κ1) is 13.2. The molecule has 0 atom stereocenters. The molecule has 0 aliphatic heterocycles. The molecule has 1 aliphatic rings. The van der Waals surface area contributed by atoms with E-state index in [1.165, 1.54) is 9.08 Å². The molecule has 3 aromatic rings. The fourth-order valence-corrected chi connectivity index (χ4v) is 2.95. The first-order chi connectivity index (χ1) is 10.7. The highest BCUT2D eigenvalue weighted by atomic mass is 16.5. The topological polar surface area (TPSA) is 104 Å². The average molecular weight is 300 g/mol. The standard InChI is InChI=1S/C14H16N6O2/c15-14(6-2-3-7-14)12-16-11(22-18-12)9-20-13(21)19-8-4-1-5-10(19)17-20/h1,4-5,8H,2-3,6-7,9,15H2. The van der Waals surface area contributed by atoms with Gasteiger partial charge >= 0.3 is 5.69 Å². The van der Waals surface area contributed by atoms with Crippen LogP contribution in [0.3, 0.4) is 0 Å². The Balaban J connectivity index is 1.64. The molecule has 0 bridgehead atoms. The summed E-state index contributed by atoms with van der Waals surface area (Å²) in [5.74, 6) is 0.869. The molecule has 8 heteroatoms. The molecular formula is C14H16N6O2. The minimum atomic E-state index is -0.494. The first-order valence-corrected chi connectivity index (χ1v) is 7.32. The number of pyridine rings is 1. The molecule has 0 spiro atoms. The molecule has 4 rings (SSSR count). The van der Waals surface area contributed by atoms with E-state index in [9.17, 15) is 4.79 Å². The van der Waals surface area contributed by atoms with Crippen molar-refractivity contribution in [3.05, 3.63) is 46.6 Å². The van der Waals surface area contributed by atoms with E-state index in [4.69, 9.17) is 10.3 Å². The van der Waals surface area contributed by atoms with Gasteiger partial charge in [0.25, 0.3) is 0 Å². The zero-order valence-corrected chi connectivity index (χ0v) is 12.0. The fourth-order valence-electron chi connectivity index (χ4n) is 2.95. The van der Waals surface area contributed by atoms with Gasteiger partial charge < -0.3 is 10.3 Å². The molecule has 0 radical (unpaired) electrons. The summed E-state index contributed by atoms with van der Waals surface area (Å²) in [4.78, 5) is 16.6. The van der Waals surface area contributed by atoms with Crippen molar-refractivity contribution in [2.45, 2.75) is 37.8 Å². The monoisotopic (exact) mass is 300 g/mol. The van der Waals surface area contributed by atoms with E-state index in [0.29, 0.717) is 17.4 Å². The maximum Gasteiger partial charge on any atom is 0.350 e. The van der Waals surface area contributed by atoms with Crippen LogP contribution in [0, 0.1) is 0 Å². The number of rotatable bonds is 3. The van der Waals surface area contributed by atoms with Crippen molar-refractivity contribution in [3.8, 4) is 0 Å². The van der Waals surface area contributed by atoms with Gasteiger partial charge in [-0.2, -0.15) is 4.98 Å². The highest BCUT2D eigenvalue weighted by Gasteiger charge is 2.36. The maximum absolute atomic E-state index is 12.2. The predicted molar refractivity (Wildman–Crippen MR) is 77.2 cm³/mol. The molecule has 114 valence electrons. The van der Waals surface area contributed by atoms with Crippen LogP contribution in [0.2, 0.25) is 0 Å². The summed E-state index contributed by atoms with van der Waals surface area (Å²) < 4.78 is 8.03. The van der Waals surface area contributed by atoms with Gasteiger partial charge in [-0.15, -0.1) is 5.10 Å². The molecule has 0 amide bonds. The largest absolute Gasteiger partial charge is 0.350 e. The maximum atomic E-state index is 12.2. The highest BCUT2D eigenvalue weighted by molar-refractivity contribution is 5.35. The molecule has 2 N–H and O–H groups in total. The van der Waals surface area contributed by atoms with Crippen LogP contribution in [0.15, 0.2) is 33.7 Å². The van der Waals surface area contributed by atoms with Crippen molar-refractivity contribution in [2.75, 3.05) is 0 Å². The molecule has 3 heterocycles. The Morgan fingerprint density at radius 1 is 1.32 bits per heavy atom. The fraction of sp³-hybridized carbons (Fsp3) is 0.429. The van der Waals surface area contributed by atoms with Crippen LogP contribution in [0.1, 0.15) is 37.4 Å². The molecule has 8 nitrogen and oxygen atoms in total. The van der Waals surface area contributed by atoms with E-state index in [1.807, 2.05) is 6.07 Å². The van der Waals surface area contributed by atoms with Gasteiger partial charge in [0.1, 0.15) is 6.54 Å². The number of nitrogens with two attached hydrogens (primary N) is 1. The van der Waals surface area contributed by atoms with E-state index < -0.39 is 5.54 Å². The lowest BCUT2D eigenvalue weighted by Gasteiger charge is -2.17. The molecule has 1 saturated carbocycles. The SMILES string of the molecule is NC1(c2noc(Cn3nc4ccccn4c3=O)n2)CCCC1. The Kier molecular flexibility index (Phi) is 2.86. The van der Waals surface area contributed by atoms with Crippen LogP contribution >= 0.6 is 0 Å². The molecule has 0 saturated heterocycles. The normalized spacial score (nSPS) is 17.3. The minimum absolute atomic E-state index is 0.142. The summed E-state index contributed by atoms with van der Waals surface area (Å²) in [7, 11) is 0. The summed E-state index contributed by atoms with van der Waals surface area (Å²) >= 11 is 0. The Labute approximate surface area is 125 Å². The van der Waals surface area contributed by atoms with Gasteiger partial charge in [-0.1, -0.05) is 24.1 Å². The van der Waals surface area contributed by atoms with Crippen molar-refractivity contribution in [1.82, 2.24) is 24.3 Å². The number of hydrogen-bond acceptors (Lipinski definition) is 6. The highest BCUT2D eigenvalue weighted by Crippen LogP contribution is 2.34. The van der Waals surface area contributed by atoms with Crippen LogP contribution in [0.5, 0.6) is 0 Å². The lowest BCUT2D eigenvalue weighted by Crippen LogP contribution is -2.34. The van der Waals surface area contributed by atoms with Crippen molar-refractivity contribution in [2.24, 2.45) is 5.73 Å². The summed E-state index contributed by atoms with van der Waals surface area (Å²) in [6.45, 7) is 0.142. The summed E-state index contributed by atoms with van der Waals surface area (Å²) in [5, 5.41) is 8.23. The third-order valence-corrected chi connectivity index (χ3v) is 4.18. The Hall–Kier alpha value is -2.48. The molecule has 22 heavy (non-hydrogen) atoms. The third kappa shape index (κ3) is 2.03. The van der Waals surface area contributed by atoms with E-state index in [1.54, 1.807) is 18.3 Å². The van der Waals surface area contributed by atoms with Gasteiger partial charge in [0.2, 0.25) is 5.89 Å². The molecule has 1 aliphatic carbocycles. The number of fused-ring (bicyclic) bond motifs is 1. The Morgan fingerprint density at radius 3 is 2.91 bits per heavy atom. The lowest BCUT2D eigenvalue weighted by molar-refractivity contribution is 0.340. The number of aromatic nitrogens is 5. The zero-order valence-electron chi connectivity index (χ0n) is 12.0. The van der Waals surface area contributed by atoms with Crippen molar-refractivity contribution < 1.29 is 4.52 Å². The van der Waals surface area contributed by atoms with Gasteiger partial charge in [0, 0.05) is 6.20 Å². The van der Waals surface area contributed by atoms with Crippen LogP contribution in [0.25, 0.3) is 5.65 Å². The second kappa shape index (κ2) is 4.77. The Bertz CT molecular complexity index is 871. The minimum Gasteiger partial charge on any atom is -0.337 e. The van der Waals surface area contributed by atoms with Crippen LogP contribution in [0.4, 0.5) is 0 Å². The Morgan fingerprint density at radius 2 is 2.14 bits per heavy atom. The van der Waals surface area contributed by atoms with E-state index in [2.05, 4.69) is 15.2 Å². The lowest BCUT2D eigenvalue weighted by atomic mass is 9.99. The molecule has 1 fully saturated rings. The van der Waals surface area contributed by atoms with Crippen molar-refractivity contribution >= 4 is 5.65 Å². The number of nitrogens with zero attached hydrogens (tertiary/aromatic N) is 5. The van der Waals surface area contributed by atoms with E-state index >= 15 is 0 Å². The van der Waals surface area contributed by atoms with E-state index in [0.717, 1.165) is 25.7 Å². The third-order valence-electron chi connectivity index (χ3n) is 4.18. The van der Waals surface area contributed by atoms with E-state index in [-0.39, 0.29) is 12.2 Å². The first-order valence-electron chi connectivity index (χ1n) is 7.32. The van der Waals surface area contributed by atoms with Gasteiger partial charge in [0.15, 0.2) is 11.5 Å². The van der Waals surface area contributed by atoms with Crippen LogP contribution in [-0.2, 0) is 12.1 Å². The second-order valence-corrected chi connectivity index (χ2v) is 5.74. The zero-order chi connectivity index (χ0) is 15.2. The smallest absolute Gasteiger partial charge is 0.337 e. The summed E-state index contributed by atoms with van der Waals surface area (Å²) in [5.41, 5.74) is 6.16. The molecule has 3 aromatic heterocycles. The molecule has 0 aromatic carbocycles. The second-order valence-electron chi connectivity index (χ2n) is 5.74. The number of hydrogen-bond donors (Lipinski definition) is 1. The average Bonchev–Trinajstić information content (AvgIpc) is 3.22.